The lowest BCUT2D eigenvalue weighted by Gasteiger charge is -2.11. The van der Waals surface area contributed by atoms with Crippen molar-refractivity contribution in [3.8, 4) is 0 Å². The number of benzene rings is 2. The van der Waals surface area contributed by atoms with E-state index in [1.807, 2.05) is 32.0 Å². The number of hydrogen-bond acceptors (Lipinski definition) is 2. The standard InChI is InChI=1S/C17H16FN3O/c1-10-7-8-14-15(9-10)21-16(20-14)11(2)19-17(22)12-5-3-4-6-13(12)18/h3-9,11H,1-2H3,(H,19,22)(H,20,21). The minimum absolute atomic E-state index is 0.0290. The zero-order chi connectivity index (χ0) is 15.7. The lowest BCUT2D eigenvalue weighted by molar-refractivity contribution is 0.0934. The largest absolute Gasteiger partial charge is 0.342 e. The van der Waals surface area contributed by atoms with Crippen LogP contribution in [0.15, 0.2) is 42.5 Å². The van der Waals surface area contributed by atoms with Crippen LogP contribution in [0, 0.1) is 12.7 Å². The molecule has 5 heteroatoms. The van der Waals surface area contributed by atoms with E-state index in [-0.39, 0.29) is 11.6 Å². The van der Waals surface area contributed by atoms with E-state index in [9.17, 15) is 9.18 Å². The number of aromatic amines is 1. The molecule has 1 heterocycles. The number of rotatable bonds is 3. The molecule has 1 aromatic heterocycles. The van der Waals surface area contributed by atoms with Crippen LogP contribution in [0.3, 0.4) is 0 Å². The van der Waals surface area contributed by atoms with Crippen molar-refractivity contribution in [3.05, 3.63) is 65.2 Å². The molecule has 0 spiro atoms. The van der Waals surface area contributed by atoms with E-state index in [2.05, 4.69) is 15.3 Å². The fraction of sp³-hybridized carbons (Fsp3) is 0.176. The van der Waals surface area contributed by atoms with E-state index in [1.165, 1.54) is 12.1 Å². The number of nitrogens with zero attached hydrogens (tertiary/aromatic N) is 1. The minimum Gasteiger partial charge on any atom is -0.342 e. The first-order chi connectivity index (χ1) is 10.5. The number of imidazole rings is 1. The van der Waals surface area contributed by atoms with Crippen LogP contribution >= 0.6 is 0 Å². The summed E-state index contributed by atoms with van der Waals surface area (Å²) >= 11 is 0. The zero-order valence-corrected chi connectivity index (χ0v) is 12.4. The molecular weight excluding hydrogens is 281 g/mol. The van der Waals surface area contributed by atoms with Crippen LogP contribution in [0.25, 0.3) is 11.0 Å². The van der Waals surface area contributed by atoms with Gasteiger partial charge in [0, 0.05) is 0 Å². The Kier molecular flexibility index (Phi) is 3.63. The van der Waals surface area contributed by atoms with Gasteiger partial charge in [0.05, 0.1) is 22.6 Å². The van der Waals surface area contributed by atoms with Crippen molar-refractivity contribution in [2.75, 3.05) is 0 Å². The number of carbonyl (C=O) groups excluding carboxylic acids is 1. The van der Waals surface area contributed by atoms with E-state index in [0.717, 1.165) is 16.6 Å². The molecule has 0 saturated carbocycles. The summed E-state index contributed by atoms with van der Waals surface area (Å²) in [4.78, 5) is 19.8. The first kappa shape index (κ1) is 14.3. The number of nitrogens with one attached hydrogen (secondary N) is 2. The molecule has 3 rings (SSSR count). The molecular formula is C17H16FN3O. The minimum atomic E-state index is -0.535. The van der Waals surface area contributed by atoms with Crippen molar-refractivity contribution < 1.29 is 9.18 Å². The number of aryl methyl sites for hydroxylation is 1. The van der Waals surface area contributed by atoms with Crippen molar-refractivity contribution in [2.45, 2.75) is 19.9 Å². The summed E-state index contributed by atoms with van der Waals surface area (Å²) in [5.41, 5.74) is 2.92. The monoisotopic (exact) mass is 297 g/mol. The number of aromatic nitrogens is 2. The first-order valence-corrected chi connectivity index (χ1v) is 7.06. The summed E-state index contributed by atoms with van der Waals surface area (Å²) in [5, 5.41) is 2.76. The Morgan fingerprint density at radius 1 is 1.27 bits per heavy atom. The number of H-pyrrole nitrogens is 1. The highest BCUT2D eigenvalue weighted by Gasteiger charge is 2.17. The van der Waals surface area contributed by atoms with Crippen LogP contribution in [0.5, 0.6) is 0 Å². The van der Waals surface area contributed by atoms with Crippen LogP contribution < -0.4 is 5.32 Å². The number of hydrogen-bond donors (Lipinski definition) is 2. The molecule has 2 aromatic carbocycles. The third-order valence-electron chi connectivity index (χ3n) is 3.53. The number of amides is 1. The SMILES string of the molecule is Cc1ccc2nc(C(C)NC(=O)c3ccccc3F)[nH]c2c1. The number of carbonyl (C=O) groups is 1. The molecule has 1 amide bonds. The smallest absolute Gasteiger partial charge is 0.254 e. The van der Waals surface area contributed by atoms with Crippen molar-refractivity contribution in [1.82, 2.24) is 15.3 Å². The Balaban J connectivity index is 1.82. The van der Waals surface area contributed by atoms with Crippen LogP contribution in [-0.2, 0) is 0 Å². The van der Waals surface area contributed by atoms with Gasteiger partial charge in [-0.3, -0.25) is 4.79 Å². The molecule has 0 fully saturated rings. The first-order valence-electron chi connectivity index (χ1n) is 7.06. The summed E-state index contributed by atoms with van der Waals surface area (Å²) in [6.07, 6.45) is 0. The summed E-state index contributed by atoms with van der Waals surface area (Å²) < 4.78 is 13.6. The second-order valence-electron chi connectivity index (χ2n) is 5.32. The second-order valence-corrected chi connectivity index (χ2v) is 5.32. The lowest BCUT2D eigenvalue weighted by Crippen LogP contribution is -2.28. The maximum atomic E-state index is 13.6. The van der Waals surface area contributed by atoms with Crippen LogP contribution in [0.2, 0.25) is 0 Å². The summed E-state index contributed by atoms with van der Waals surface area (Å²) in [5.74, 6) is -0.347. The van der Waals surface area contributed by atoms with Crippen molar-refractivity contribution >= 4 is 16.9 Å². The molecule has 0 saturated heterocycles. The summed E-state index contributed by atoms with van der Waals surface area (Å²) in [7, 11) is 0. The van der Waals surface area contributed by atoms with E-state index >= 15 is 0 Å². The molecule has 22 heavy (non-hydrogen) atoms. The summed E-state index contributed by atoms with van der Waals surface area (Å²) in [6.45, 7) is 3.81. The highest BCUT2D eigenvalue weighted by molar-refractivity contribution is 5.94. The fourth-order valence-corrected chi connectivity index (χ4v) is 2.34. The Hall–Kier alpha value is -2.69. The average molecular weight is 297 g/mol. The van der Waals surface area contributed by atoms with Crippen molar-refractivity contribution in [1.29, 1.82) is 0 Å². The molecule has 112 valence electrons. The highest BCUT2D eigenvalue weighted by Crippen LogP contribution is 2.18. The topological polar surface area (TPSA) is 57.8 Å². The third kappa shape index (κ3) is 2.70. The van der Waals surface area contributed by atoms with E-state index in [4.69, 9.17) is 0 Å². The van der Waals surface area contributed by atoms with Gasteiger partial charge in [0.1, 0.15) is 11.6 Å². The highest BCUT2D eigenvalue weighted by atomic mass is 19.1. The van der Waals surface area contributed by atoms with Gasteiger partial charge in [0.15, 0.2) is 0 Å². The third-order valence-corrected chi connectivity index (χ3v) is 3.53. The maximum absolute atomic E-state index is 13.6. The second kappa shape index (κ2) is 5.60. The number of fused-ring (bicyclic) bond motifs is 1. The molecule has 0 bridgehead atoms. The van der Waals surface area contributed by atoms with Gasteiger partial charge in [-0.2, -0.15) is 0 Å². The molecule has 1 atom stereocenters. The lowest BCUT2D eigenvalue weighted by atomic mass is 10.2. The fourth-order valence-electron chi connectivity index (χ4n) is 2.34. The van der Waals surface area contributed by atoms with E-state index in [1.54, 1.807) is 12.1 Å². The van der Waals surface area contributed by atoms with Gasteiger partial charge in [0.2, 0.25) is 0 Å². The Morgan fingerprint density at radius 3 is 2.82 bits per heavy atom. The van der Waals surface area contributed by atoms with Gasteiger partial charge < -0.3 is 10.3 Å². The Morgan fingerprint density at radius 2 is 2.05 bits per heavy atom. The predicted molar refractivity (Wildman–Crippen MR) is 83.1 cm³/mol. The average Bonchev–Trinajstić information content (AvgIpc) is 2.90. The van der Waals surface area contributed by atoms with Gasteiger partial charge in [-0.05, 0) is 43.7 Å². The molecule has 0 aliphatic rings. The van der Waals surface area contributed by atoms with Gasteiger partial charge in [-0.1, -0.05) is 18.2 Å². The zero-order valence-electron chi connectivity index (χ0n) is 12.4. The summed E-state index contributed by atoms with van der Waals surface area (Å²) in [6, 6.07) is 11.5. The van der Waals surface area contributed by atoms with Crippen LogP contribution in [0.1, 0.15) is 34.7 Å². The molecule has 1 unspecified atom stereocenters. The molecule has 2 N–H and O–H groups in total. The van der Waals surface area contributed by atoms with E-state index < -0.39 is 11.7 Å². The Bertz CT molecular complexity index is 841. The maximum Gasteiger partial charge on any atom is 0.254 e. The van der Waals surface area contributed by atoms with E-state index in [0.29, 0.717) is 5.82 Å². The van der Waals surface area contributed by atoms with Crippen LogP contribution in [-0.4, -0.2) is 15.9 Å². The molecule has 3 aromatic rings. The molecule has 0 aliphatic carbocycles. The van der Waals surface area contributed by atoms with Gasteiger partial charge in [-0.25, -0.2) is 9.37 Å². The predicted octanol–water partition coefficient (Wildman–Crippen LogP) is 3.50. The molecule has 4 nitrogen and oxygen atoms in total. The van der Waals surface area contributed by atoms with Gasteiger partial charge in [0.25, 0.3) is 5.91 Å². The Labute approximate surface area is 127 Å². The van der Waals surface area contributed by atoms with Gasteiger partial charge >= 0.3 is 0 Å². The normalized spacial score (nSPS) is 12.3. The van der Waals surface area contributed by atoms with Gasteiger partial charge in [-0.15, -0.1) is 0 Å². The van der Waals surface area contributed by atoms with Crippen LogP contribution in [0.4, 0.5) is 4.39 Å². The quantitative estimate of drug-likeness (QED) is 0.777. The van der Waals surface area contributed by atoms with Crippen molar-refractivity contribution in [2.24, 2.45) is 0 Å². The molecule has 0 radical (unpaired) electrons. The van der Waals surface area contributed by atoms with Crippen molar-refractivity contribution in [3.63, 3.8) is 0 Å². The number of halogens is 1. The molecule has 0 aliphatic heterocycles.